The quantitative estimate of drug-likeness (QED) is 0.615. The lowest BCUT2D eigenvalue weighted by molar-refractivity contribution is -0.110. The number of alkyl halides is 2. The maximum absolute atomic E-state index is 13.9. The highest BCUT2D eigenvalue weighted by Gasteiger charge is 2.51. The van der Waals surface area contributed by atoms with Gasteiger partial charge in [-0.05, 0) is 24.8 Å². The number of anilines is 1. The van der Waals surface area contributed by atoms with E-state index in [4.69, 9.17) is 0 Å². The van der Waals surface area contributed by atoms with Crippen LogP contribution in [0.15, 0.2) is 48.9 Å². The minimum Gasteiger partial charge on any atom is -0.385 e. The summed E-state index contributed by atoms with van der Waals surface area (Å²) in [7, 11) is 0. The van der Waals surface area contributed by atoms with Crippen LogP contribution >= 0.6 is 0 Å². The number of aromatic nitrogens is 3. The minimum atomic E-state index is -2.77. The zero-order chi connectivity index (χ0) is 24.2. The van der Waals surface area contributed by atoms with Gasteiger partial charge >= 0.3 is 0 Å². The van der Waals surface area contributed by atoms with E-state index in [0.29, 0.717) is 24.3 Å². The highest BCUT2D eigenvalue weighted by atomic mass is 19.3. The van der Waals surface area contributed by atoms with Crippen molar-refractivity contribution >= 4 is 17.2 Å². The van der Waals surface area contributed by atoms with Crippen molar-refractivity contribution in [1.82, 2.24) is 19.3 Å². The lowest BCUT2D eigenvalue weighted by Gasteiger charge is -2.52. The summed E-state index contributed by atoms with van der Waals surface area (Å²) in [4.78, 5) is 26.1. The second-order valence-corrected chi connectivity index (χ2v) is 10.1. The highest BCUT2D eigenvalue weighted by Crippen LogP contribution is 2.47. The van der Waals surface area contributed by atoms with Crippen LogP contribution < -0.4 is 4.90 Å². The molecule has 0 spiro atoms. The summed E-state index contributed by atoms with van der Waals surface area (Å²) in [6.45, 7) is 0.171. The Labute approximate surface area is 202 Å². The van der Waals surface area contributed by atoms with Gasteiger partial charge in [0.15, 0.2) is 5.82 Å². The Hall–Kier alpha value is -3.07. The van der Waals surface area contributed by atoms with Crippen LogP contribution in [0, 0.1) is 5.92 Å². The van der Waals surface area contributed by atoms with Crippen molar-refractivity contribution in [3.8, 4) is 0 Å². The van der Waals surface area contributed by atoms with E-state index in [1.807, 2.05) is 35.2 Å². The molecule has 0 bridgehead atoms. The number of rotatable bonds is 3. The maximum Gasteiger partial charge on any atom is 0.290 e. The van der Waals surface area contributed by atoms with Gasteiger partial charge in [0, 0.05) is 43.9 Å². The highest BCUT2D eigenvalue weighted by molar-refractivity contribution is 5.94. The van der Waals surface area contributed by atoms with Gasteiger partial charge in [-0.15, -0.1) is 0 Å². The van der Waals surface area contributed by atoms with Gasteiger partial charge in [-0.25, -0.2) is 13.8 Å². The summed E-state index contributed by atoms with van der Waals surface area (Å²) < 4.78 is 29.6. The number of fused-ring (bicyclic) bond motifs is 2. The molecule has 3 aliphatic rings. The summed E-state index contributed by atoms with van der Waals surface area (Å²) in [5.41, 5.74) is 0.471. The number of amides is 1. The van der Waals surface area contributed by atoms with E-state index in [9.17, 15) is 18.7 Å². The Morgan fingerprint density at radius 3 is 2.66 bits per heavy atom. The lowest BCUT2D eigenvalue weighted by atomic mass is 9.66. The number of carbonyl (C=O) groups excluding carboxylic acids is 1. The van der Waals surface area contributed by atoms with Gasteiger partial charge in [-0.2, -0.15) is 0 Å². The summed E-state index contributed by atoms with van der Waals surface area (Å²) >= 11 is 0. The first kappa shape index (κ1) is 22.4. The van der Waals surface area contributed by atoms with Gasteiger partial charge in [0.1, 0.15) is 5.52 Å². The number of aliphatic hydroxyl groups is 1. The van der Waals surface area contributed by atoms with Crippen LogP contribution in [0.25, 0.3) is 5.52 Å². The maximum atomic E-state index is 13.9. The number of hydrogen-bond acceptors (Lipinski definition) is 5. The molecule has 1 N–H and O–H groups in total. The number of carbonyl (C=O) groups is 1. The van der Waals surface area contributed by atoms with E-state index in [-0.39, 0.29) is 36.7 Å². The van der Waals surface area contributed by atoms with E-state index in [0.717, 1.165) is 31.2 Å². The fourth-order valence-electron chi connectivity index (χ4n) is 6.37. The molecule has 3 aromatic rings. The molecule has 35 heavy (non-hydrogen) atoms. The average molecular weight is 482 g/mol. The average Bonchev–Trinajstić information content (AvgIpc) is 3.44. The summed E-state index contributed by atoms with van der Waals surface area (Å²) in [5, 5.41) is 11.8. The predicted octanol–water partition coefficient (Wildman–Crippen LogP) is 3.87. The molecule has 1 aliphatic carbocycles. The number of imidazole rings is 1. The molecular weight excluding hydrogens is 452 g/mol. The zero-order valence-electron chi connectivity index (χ0n) is 19.5. The first-order valence-electron chi connectivity index (χ1n) is 12.4. The number of hydrogen-bond donors (Lipinski definition) is 1. The van der Waals surface area contributed by atoms with Gasteiger partial charge in [0.05, 0.1) is 18.3 Å². The second-order valence-electron chi connectivity index (χ2n) is 10.1. The molecule has 6 rings (SSSR count). The second kappa shape index (κ2) is 8.26. The van der Waals surface area contributed by atoms with E-state index < -0.39 is 18.1 Å². The Kier molecular flexibility index (Phi) is 5.28. The standard InChI is InChI=1S/C26H29F2N5O2/c27-25(28)10-13-31(17-25)22-21-16-29-12-15-32(21)23(30-22)24(34)33-14-11-26(35,18-6-2-1-3-7-18)19-8-4-5-9-20(19)33/h1-3,6-7,12,15-16,19-20,35H,4-5,8-11,13-14,17H2. The molecular formula is C26H29F2N5O2. The van der Waals surface area contributed by atoms with Gasteiger partial charge in [0.2, 0.25) is 5.82 Å². The molecule has 2 aliphatic heterocycles. The third kappa shape index (κ3) is 3.67. The van der Waals surface area contributed by atoms with Gasteiger partial charge < -0.3 is 14.9 Å². The van der Waals surface area contributed by atoms with Crippen LogP contribution in [-0.4, -0.2) is 61.9 Å². The normalized spacial score (nSPS) is 28.3. The van der Waals surface area contributed by atoms with Gasteiger partial charge in [-0.3, -0.25) is 14.2 Å². The molecule has 7 nitrogen and oxygen atoms in total. The van der Waals surface area contributed by atoms with Crippen LogP contribution in [0.4, 0.5) is 14.6 Å². The molecule has 3 fully saturated rings. The zero-order valence-corrected chi connectivity index (χ0v) is 19.5. The molecule has 2 saturated heterocycles. The van der Waals surface area contributed by atoms with Crippen LogP contribution in [0.5, 0.6) is 0 Å². The summed E-state index contributed by atoms with van der Waals surface area (Å²) in [6.07, 6.45) is 8.70. The fraction of sp³-hybridized carbons (Fsp3) is 0.500. The van der Waals surface area contributed by atoms with Crippen molar-refractivity contribution in [2.45, 2.75) is 56.1 Å². The number of piperidine rings is 1. The van der Waals surface area contributed by atoms with Crippen molar-refractivity contribution in [2.24, 2.45) is 5.92 Å². The van der Waals surface area contributed by atoms with Crippen molar-refractivity contribution in [1.29, 1.82) is 0 Å². The summed E-state index contributed by atoms with van der Waals surface area (Å²) in [6, 6.07) is 9.65. The SMILES string of the molecule is O=C(c1nc(N2CCC(F)(F)C2)c2cnccn12)N1CCC(O)(c2ccccc2)C2CCCCC21. The van der Waals surface area contributed by atoms with E-state index in [2.05, 4.69) is 9.97 Å². The third-order valence-corrected chi connectivity index (χ3v) is 8.10. The summed E-state index contributed by atoms with van der Waals surface area (Å²) in [5.74, 6) is -2.48. The topological polar surface area (TPSA) is 74.0 Å². The predicted molar refractivity (Wildman–Crippen MR) is 127 cm³/mol. The Morgan fingerprint density at radius 2 is 1.89 bits per heavy atom. The number of likely N-dealkylation sites (tertiary alicyclic amines) is 1. The molecule has 3 atom stereocenters. The molecule has 9 heteroatoms. The number of halogens is 2. The largest absolute Gasteiger partial charge is 0.385 e. The van der Waals surface area contributed by atoms with Gasteiger partial charge in [-0.1, -0.05) is 43.2 Å². The molecule has 0 radical (unpaired) electrons. The Bertz CT molecular complexity index is 1250. The fourth-order valence-corrected chi connectivity index (χ4v) is 6.37. The monoisotopic (exact) mass is 481 g/mol. The first-order valence-corrected chi connectivity index (χ1v) is 12.4. The Balaban J connectivity index is 1.35. The molecule has 184 valence electrons. The van der Waals surface area contributed by atoms with E-state index in [1.54, 1.807) is 27.9 Å². The molecule has 3 unspecified atom stereocenters. The molecule has 2 aromatic heterocycles. The Morgan fingerprint density at radius 1 is 1.09 bits per heavy atom. The minimum absolute atomic E-state index is 0.0685. The van der Waals surface area contributed by atoms with Crippen LogP contribution in [-0.2, 0) is 5.60 Å². The van der Waals surface area contributed by atoms with Crippen LogP contribution in [0.2, 0.25) is 0 Å². The first-order chi connectivity index (χ1) is 16.9. The van der Waals surface area contributed by atoms with Crippen molar-refractivity contribution in [2.75, 3.05) is 24.5 Å². The number of nitrogens with zero attached hydrogens (tertiary/aromatic N) is 5. The van der Waals surface area contributed by atoms with Crippen molar-refractivity contribution in [3.63, 3.8) is 0 Å². The van der Waals surface area contributed by atoms with Crippen molar-refractivity contribution < 1.29 is 18.7 Å². The van der Waals surface area contributed by atoms with Crippen LogP contribution in [0.3, 0.4) is 0 Å². The molecule has 1 saturated carbocycles. The molecule has 1 amide bonds. The van der Waals surface area contributed by atoms with Crippen LogP contribution in [0.1, 0.15) is 54.7 Å². The lowest BCUT2D eigenvalue weighted by Crippen LogP contribution is -2.59. The number of benzene rings is 1. The third-order valence-electron chi connectivity index (χ3n) is 8.10. The van der Waals surface area contributed by atoms with Gasteiger partial charge in [0.25, 0.3) is 11.8 Å². The van der Waals surface area contributed by atoms with E-state index >= 15 is 0 Å². The molecule has 4 heterocycles. The van der Waals surface area contributed by atoms with Crippen molar-refractivity contribution in [3.05, 3.63) is 60.3 Å². The molecule has 1 aromatic carbocycles. The smallest absolute Gasteiger partial charge is 0.290 e. The van der Waals surface area contributed by atoms with E-state index in [1.165, 1.54) is 0 Å².